The number of nitrogens with zero attached hydrogens (tertiary/aromatic N) is 4. The number of esters is 1. The fraction of sp³-hybridized carbons (Fsp3) is 0.875. The van der Waals surface area contributed by atoms with E-state index in [9.17, 15) is 4.79 Å². The number of carbonyl (C=O) groups is 1. The van der Waals surface area contributed by atoms with Gasteiger partial charge in [-0.15, -0.1) is 24.0 Å². The van der Waals surface area contributed by atoms with Gasteiger partial charge in [0, 0.05) is 52.4 Å². The smallest absolute Gasteiger partial charge is 0.308 e. The number of methoxy groups -OCH3 is 1. The summed E-state index contributed by atoms with van der Waals surface area (Å²) in [5.41, 5.74) is 0. The second kappa shape index (κ2) is 10.4. The summed E-state index contributed by atoms with van der Waals surface area (Å²) in [5, 5.41) is 3.51. The number of likely N-dealkylation sites (tertiary alicyclic amines) is 1. The highest BCUT2D eigenvalue weighted by Crippen LogP contribution is 2.18. The lowest BCUT2D eigenvalue weighted by Crippen LogP contribution is -2.56. The molecule has 0 aromatic carbocycles. The summed E-state index contributed by atoms with van der Waals surface area (Å²) in [5.74, 6) is 0.891. The van der Waals surface area contributed by atoms with E-state index in [1.54, 1.807) is 0 Å². The van der Waals surface area contributed by atoms with Gasteiger partial charge in [0.2, 0.25) is 0 Å². The van der Waals surface area contributed by atoms with Crippen molar-refractivity contribution in [3.05, 3.63) is 0 Å². The van der Waals surface area contributed by atoms with Gasteiger partial charge in [-0.05, 0) is 26.9 Å². The molecule has 2 rings (SSSR count). The van der Waals surface area contributed by atoms with Gasteiger partial charge in [0.05, 0.1) is 13.0 Å². The third-order valence-corrected chi connectivity index (χ3v) is 5.02. The van der Waals surface area contributed by atoms with Crippen LogP contribution in [-0.2, 0) is 9.53 Å². The van der Waals surface area contributed by atoms with Crippen LogP contribution < -0.4 is 5.32 Å². The molecule has 24 heavy (non-hydrogen) atoms. The minimum atomic E-state index is -0.0838. The summed E-state index contributed by atoms with van der Waals surface area (Å²) in [4.78, 5) is 23.0. The van der Waals surface area contributed by atoms with E-state index in [4.69, 9.17) is 4.74 Å². The van der Waals surface area contributed by atoms with Gasteiger partial charge >= 0.3 is 5.97 Å². The summed E-state index contributed by atoms with van der Waals surface area (Å²) < 4.78 is 4.85. The molecule has 0 radical (unpaired) electrons. The van der Waals surface area contributed by atoms with Crippen molar-refractivity contribution < 1.29 is 9.53 Å². The Hall–Kier alpha value is -0.610. The molecule has 0 aliphatic carbocycles. The molecule has 2 heterocycles. The second-order valence-corrected chi connectivity index (χ2v) is 6.61. The van der Waals surface area contributed by atoms with Gasteiger partial charge in [0.1, 0.15) is 0 Å². The molecule has 0 aromatic heterocycles. The number of guanidine groups is 1. The Morgan fingerprint density at radius 2 is 1.88 bits per heavy atom. The minimum absolute atomic E-state index is 0. The molecular weight excluding hydrogens is 421 g/mol. The Morgan fingerprint density at radius 3 is 2.46 bits per heavy atom. The number of halogens is 1. The van der Waals surface area contributed by atoms with Gasteiger partial charge in [-0.2, -0.15) is 0 Å². The van der Waals surface area contributed by atoms with Crippen LogP contribution in [0.5, 0.6) is 0 Å². The molecule has 2 saturated heterocycles. The monoisotopic (exact) mass is 453 g/mol. The van der Waals surface area contributed by atoms with Crippen LogP contribution in [0.15, 0.2) is 4.99 Å². The van der Waals surface area contributed by atoms with Gasteiger partial charge in [-0.25, -0.2) is 0 Å². The molecule has 8 heteroatoms. The van der Waals surface area contributed by atoms with Crippen molar-refractivity contribution >= 4 is 35.9 Å². The maximum atomic E-state index is 11.6. The number of hydrogen-bond donors (Lipinski definition) is 1. The molecule has 2 fully saturated rings. The first-order chi connectivity index (χ1) is 11.0. The molecule has 0 saturated carbocycles. The maximum absolute atomic E-state index is 11.6. The molecular formula is C16H32IN5O2. The molecule has 0 aromatic rings. The summed E-state index contributed by atoms with van der Waals surface area (Å²) in [7, 11) is 7.65. The largest absolute Gasteiger partial charge is 0.469 e. The molecule has 2 aliphatic rings. The highest BCUT2D eigenvalue weighted by molar-refractivity contribution is 14.0. The number of ether oxygens (including phenoxy) is 1. The summed E-state index contributed by atoms with van der Waals surface area (Å²) in [6.45, 7) is 5.89. The van der Waals surface area contributed by atoms with E-state index in [-0.39, 0.29) is 35.9 Å². The number of likely N-dealkylation sites (N-methyl/N-ethyl adjacent to an activating group) is 2. The number of piperidine rings is 1. The van der Waals surface area contributed by atoms with E-state index >= 15 is 0 Å². The van der Waals surface area contributed by atoms with Crippen molar-refractivity contribution in [3.63, 3.8) is 0 Å². The van der Waals surface area contributed by atoms with Crippen LogP contribution in [0.1, 0.15) is 12.8 Å². The van der Waals surface area contributed by atoms with Crippen LogP contribution in [-0.4, -0.2) is 100 Å². The van der Waals surface area contributed by atoms with Gasteiger partial charge in [0.15, 0.2) is 5.96 Å². The Balaban J connectivity index is 0.00000288. The van der Waals surface area contributed by atoms with E-state index in [1.165, 1.54) is 7.11 Å². The van der Waals surface area contributed by atoms with Crippen LogP contribution in [0.2, 0.25) is 0 Å². The summed E-state index contributed by atoms with van der Waals surface area (Å²) >= 11 is 0. The van der Waals surface area contributed by atoms with Crippen LogP contribution in [0.4, 0.5) is 0 Å². The average Bonchev–Trinajstić information content (AvgIpc) is 2.58. The number of rotatable bonds is 3. The third kappa shape index (κ3) is 5.73. The van der Waals surface area contributed by atoms with Crippen LogP contribution in [0.3, 0.4) is 0 Å². The number of piperazine rings is 1. The van der Waals surface area contributed by atoms with Crippen molar-refractivity contribution in [3.8, 4) is 0 Å². The fourth-order valence-corrected chi connectivity index (χ4v) is 3.36. The van der Waals surface area contributed by atoms with E-state index in [2.05, 4.69) is 39.1 Å². The first-order valence-electron chi connectivity index (χ1n) is 8.47. The Kier molecular flexibility index (Phi) is 9.28. The number of hydrogen-bond acceptors (Lipinski definition) is 5. The highest BCUT2D eigenvalue weighted by atomic mass is 127. The molecule has 7 nitrogen and oxygen atoms in total. The van der Waals surface area contributed by atoms with E-state index < -0.39 is 0 Å². The molecule has 2 aliphatic heterocycles. The SMILES string of the molecule is CN=C(NCC1CN(C)CCN1C)N1CCC(C(=O)OC)CC1.I. The lowest BCUT2D eigenvalue weighted by Gasteiger charge is -2.39. The van der Waals surface area contributed by atoms with Crippen LogP contribution in [0.25, 0.3) is 0 Å². The van der Waals surface area contributed by atoms with Crippen molar-refractivity contribution in [2.75, 3.05) is 67.5 Å². The van der Waals surface area contributed by atoms with Gasteiger partial charge in [-0.3, -0.25) is 14.7 Å². The predicted octanol–water partition coefficient (Wildman–Crippen LogP) is 0.311. The lowest BCUT2D eigenvalue weighted by atomic mass is 9.97. The number of carbonyl (C=O) groups excluding carboxylic acids is 1. The molecule has 0 amide bonds. The molecule has 1 unspecified atom stereocenters. The first-order valence-corrected chi connectivity index (χ1v) is 8.47. The molecule has 0 bridgehead atoms. The summed E-state index contributed by atoms with van der Waals surface area (Å²) in [6, 6.07) is 0.498. The Morgan fingerprint density at radius 1 is 1.21 bits per heavy atom. The standard InChI is InChI=1S/C16H31N5O2.HI/c1-17-16(18-11-14-12-19(2)9-10-20(14)3)21-7-5-13(6-8-21)15(22)23-4;/h13-14H,5-12H2,1-4H3,(H,17,18);1H. The van der Waals surface area contributed by atoms with Crippen LogP contribution in [0, 0.1) is 5.92 Å². The average molecular weight is 453 g/mol. The van der Waals surface area contributed by atoms with Gasteiger partial charge < -0.3 is 19.9 Å². The fourth-order valence-electron chi connectivity index (χ4n) is 3.36. The predicted molar refractivity (Wildman–Crippen MR) is 107 cm³/mol. The normalized spacial score (nSPS) is 24.4. The molecule has 1 N–H and O–H groups in total. The molecule has 1 atom stereocenters. The molecule has 0 spiro atoms. The highest BCUT2D eigenvalue weighted by Gasteiger charge is 2.28. The Bertz CT molecular complexity index is 427. The van der Waals surface area contributed by atoms with E-state index in [0.717, 1.165) is 58.1 Å². The second-order valence-electron chi connectivity index (χ2n) is 6.61. The van der Waals surface area contributed by atoms with Gasteiger partial charge in [0.25, 0.3) is 0 Å². The van der Waals surface area contributed by atoms with Crippen molar-refractivity contribution in [2.45, 2.75) is 18.9 Å². The zero-order valence-electron chi connectivity index (χ0n) is 15.3. The van der Waals surface area contributed by atoms with Crippen molar-refractivity contribution in [1.82, 2.24) is 20.0 Å². The lowest BCUT2D eigenvalue weighted by molar-refractivity contribution is -0.146. The maximum Gasteiger partial charge on any atom is 0.308 e. The minimum Gasteiger partial charge on any atom is -0.469 e. The van der Waals surface area contributed by atoms with Gasteiger partial charge in [-0.1, -0.05) is 0 Å². The zero-order valence-corrected chi connectivity index (χ0v) is 17.7. The van der Waals surface area contributed by atoms with Crippen LogP contribution >= 0.6 is 24.0 Å². The van der Waals surface area contributed by atoms with Crippen molar-refractivity contribution in [1.29, 1.82) is 0 Å². The topological polar surface area (TPSA) is 60.4 Å². The molecule has 140 valence electrons. The number of aliphatic imine (C=N–C) groups is 1. The first kappa shape index (κ1) is 21.4. The third-order valence-electron chi connectivity index (χ3n) is 5.02. The quantitative estimate of drug-likeness (QED) is 0.288. The summed E-state index contributed by atoms with van der Waals surface area (Å²) in [6.07, 6.45) is 1.67. The zero-order chi connectivity index (χ0) is 16.8. The number of nitrogens with one attached hydrogen (secondary N) is 1. The van der Waals surface area contributed by atoms with E-state index in [0.29, 0.717) is 6.04 Å². The van der Waals surface area contributed by atoms with Crippen molar-refractivity contribution in [2.24, 2.45) is 10.9 Å². The Labute approximate surface area is 162 Å². The van der Waals surface area contributed by atoms with E-state index in [1.807, 2.05) is 7.05 Å².